The number of carboxylic acid groups (broad SMARTS) is 1. The van der Waals surface area contributed by atoms with Crippen LogP contribution in [0.3, 0.4) is 0 Å². The Hall–Kier alpha value is -4.60. The van der Waals surface area contributed by atoms with Crippen LogP contribution in [0.1, 0.15) is 33.7 Å². The highest BCUT2D eigenvalue weighted by Crippen LogP contribution is 2.27. The molecule has 1 aliphatic heterocycles. The average molecular weight is 699 g/mol. The second kappa shape index (κ2) is 16.8. The number of aliphatic carboxylic acids is 1. The number of carbonyl (C=O) groups is 4. The minimum absolute atomic E-state index is 0.114. The van der Waals surface area contributed by atoms with Crippen LogP contribution in [-0.4, -0.2) is 89.8 Å². The molecule has 1 aliphatic rings. The van der Waals surface area contributed by atoms with Gasteiger partial charge in [0.15, 0.2) is 0 Å². The summed E-state index contributed by atoms with van der Waals surface area (Å²) in [4.78, 5) is 51.2. The van der Waals surface area contributed by atoms with E-state index in [1.54, 1.807) is 24.3 Å². The van der Waals surface area contributed by atoms with E-state index in [1.807, 2.05) is 44.4 Å². The highest BCUT2D eigenvalue weighted by atomic mass is 35.5. The Kier molecular flexibility index (Phi) is 13.2. The van der Waals surface area contributed by atoms with Gasteiger partial charge in [-0.1, -0.05) is 41.4 Å². The summed E-state index contributed by atoms with van der Waals surface area (Å²) in [5.74, 6) is -3.88. The predicted molar refractivity (Wildman–Crippen MR) is 172 cm³/mol. The van der Waals surface area contributed by atoms with Crippen molar-refractivity contribution in [2.75, 3.05) is 49.3 Å². The number of aromatic nitrogens is 2. The molecule has 0 unspecified atom stereocenters. The quantitative estimate of drug-likeness (QED) is 0.184. The smallest absolute Gasteiger partial charge is 0.475 e. The van der Waals surface area contributed by atoms with Gasteiger partial charge in [-0.25, -0.2) is 4.79 Å². The summed E-state index contributed by atoms with van der Waals surface area (Å²) in [7, 11) is 3.98. The van der Waals surface area contributed by atoms with Gasteiger partial charge < -0.3 is 30.9 Å². The molecule has 2 heterocycles. The molecule has 0 aliphatic carbocycles. The lowest BCUT2D eigenvalue weighted by Crippen LogP contribution is -2.37. The van der Waals surface area contributed by atoms with Crippen molar-refractivity contribution in [3.8, 4) is 0 Å². The molecule has 17 heteroatoms. The lowest BCUT2D eigenvalue weighted by Gasteiger charge is -2.20. The van der Waals surface area contributed by atoms with Crippen LogP contribution in [0.15, 0.2) is 60.8 Å². The van der Waals surface area contributed by atoms with Crippen LogP contribution < -0.4 is 20.9 Å². The van der Waals surface area contributed by atoms with Gasteiger partial charge in [0.25, 0.3) is 11.8 Å². The normalized spacial score (nSPS) is 14.5. The van der Waals surface area contributed by atoms with Gasteiger partial charge >= 0.3 is 12.1 Å². The van der Waals surface area contributed by atoms with E-state index in [-0.39, 0.29) is 38.9 Å². The van der Waals surface area contributed by atoms with Crippen LogP contribution in [0.25, 0.3) is 0 Å². The zero-order valence-electron chi connectivity index (χ0n) is 25.2. The van der Waals surface area contributed by atoms with Crippen molar-refractivity contribution in [3.05, 3.63) is 82.1 Å². The largest absolute Gasteiger partial charge is 0.490 e. The molecule has 4 rings (SSSR count). The maximum absolute atomic E-state index is 13.0. The SMILES string of the molecule is CN(C)CC/C=C/C(=O)Nc1cccc(N2CC[C@H](NC(=O)c3[nH]ncc3NC(=O)c3c(Cl)cccc3Cl)C2)c1.O=C(O)C(F)(F)F. The van der Waals surface area contributed by atoms with Crippen molar-refractivity contribution in [2.45, 2.75) is 25.1 Å². The van der Waals surface area contributed by atoms with Crippen LogP contribution in [0, 0.1) is 0 Å². The molecule has 1 aromatic heterocycles. The van der Waals surface area contributed by atoms with Gasteiger partial charge in [0.2, 0.25) is 5.91 Å². The van der Waals surface area contributed by atoms with Gasteiger partial charge in [-0.3, -0.25) is 19.5 Å². The maximum atomic E-state index is 13.0. The van der Waals surface area contributed by atoms with Crippen LogP contribution in [0.4, 0.5) is 30.2 Å². The molecular weight excluding hydrogens is 666 g/mol. The van der Waals surface area contributed by atoms with E-state index in [9.17, 15) is 27.6 Å². The van der Waals surface area contributed by atoms with Crippen LogP contribution in [0.2, 0.25) is 10.0 Å². The standard InChI is InChI=1S/C28H31Cl2N7O3.C2HF3O2/c1-36(2)13-4-3-11-24(38)32-18-7-5-8-20(15-18)37-14-12-19(17-37)33-28(40)26-23(16-31-35-26)34-27(39)25-21(29)9-6-10-22(25)30;3-2(4,5)1(6)7/h3,5-11,15-16,19H,4,12-14,17H2,1-2H3,(H,31,35)(H,32,38)(H,33,40)(H,34,39);(H,6,7)/b11-3+;/t19-;/m0./s1. The molecule has 3 aromatic rings. The minimum atomic E-state index is -5.08. The van der Waals surface area contributed by atoms with Crippen LogP contribution in [0.5, 0.6) is 0 Å². The van der Waals surface area contributed by atoms with E-state index >= 15 is 0 Å². The third-order valence-corrected chi connectivity index (χ3v) is 7.19. The molecule has 1 fully saturated rings. The van der Waals surface area contributed by atoms with Gasteiger partial charge in [-0.05, 0) is 63.3 Å². The monoisotopic (exact) mass is 697 g/mol. The third kappa shape index (κ3) is 11.3. The van der Waals surface area contributed by atoms with Crippen molar-refractivity contribution in [1.29, 1.82) is 0 Å². The van der Waals surface area contributed by atoms with E-state index in [2.05, 4.69) is 35.9 Å². The van der Waals surface area contributed by atoms with E-state index in [1.165, 1.54) is 6.20 Å². The van der Waals surface area contributed by atoms with Crippen molar-refractivity contribution >= 4 is 64.0 Å². The van der Waals surface area contributed by atoms with Crippen molar-refractivity contribution in [1.82, 2.24) is 20.4 Å². The number of aromatic amines is 1. The van der Waals surface area contributed by atoms with Gasteiger partial charge in [0.1, 0.15) is 5.69 Å². The zero-order valence-corrected chi connectivity index (χ0v) is 26.7. The number of anilines is 3. The summed E-state index contributed by atoms with van der Waals surface area (Å²) in [5.41, 5.74) is 2.09. The number of amides is 3. The van der Waals surface area contributed by atoms with E-state index in [0.29, 0.717) is 12.2 Å². The number of nitrogens with zero attached hydrogens (tertiary/aromatic N) is 3. The number of carbonyl (C=O) groups excluding carboxylic acids is 3. The van der Waals surface area contributed by atoms with E-state index < -0.39 is 24.0 Å². The molecule has 0 spiro atoms. The Bertz CT molecular complexity index is 1590. The first-order valence-electron chi connectivity index (χ1n) is 14.0. The molecule has 12 nitrogen and oxygen atoms in total. The first-order chi connectivity index (χ1) is 22.1. The fourth-order valence-corrected chi connectivity index (χ4v) is 4.88. The second-order valence-electron chi connectivity index (χ2n) is 10.5. The highest BCUT2D eigenvalue weighted by molar-refractivity contribution is 6.40. The molecule has 1 atom stereocenters. The summed E-state index contributed by atoms with van der Waals surface area (Å²) in [6, 6.07) is 12.2. The molecule has 0 radical (unpaired) electrons. The summed E-state index contributed by atoms with van der Waals surface area (Å²) < 4.78 is 31.7. The second-order valence-corrected chi connectivity index (χ2v) is 11.3. The molecule has 252 valence electrons. The summed E-state index contributed by atoms with van der Waals surface area (Å²) in [6.07, 6.45) is 1.20. The molecule has 5 N–H and O–H groups in total. The lowest BCUT2D eigenvalue weighted by molar-refractivity contribution is -0.192. The molecule has 47 heavy (non-hydrogen) atoms. The Morgan fingerprint density at radius 3 is 2.38 bits per heavy atom. The number of hydrogen-bond donors (Lipinski definition) is 5. The first-order valence-corrected chi connectivity index (χ1v) is 14.8. The van der Waals surface area contributed by atoms with E-state index in [0.717, 1.165) is 31.6 Å². The van der Waals surface area contributed by atoms with Crippen LogP contribution >= 0.6 is 23.2 Å². The van der Waals surface area contributed by atoms with Crippen molar-refractivity contribution in [3.63, 3.8) is 0 Å². The number of hydrogen-bond acceptors (Lipinski definition) is 7. The number of halogens is 5. The van der Waals surface area contributed by atoms with Gasteiger partial charge in [0, 0.05) is 37.1 Å². The predicted octanol–water partition coefficient (Wildman–Crippen LogP) is 5.06. The summed E-state index contributed by atoms with van der Waals surface area (Å²) in [5, 5.41) is 22.7. The van der Waals surface area contributed by atoms with E-state index in [4.69, 9.17) is 33.1 Å². The third-order valence-electron chi connectivity index (χ3n) is 6.56. The highest BCUT2D eigenvalue weighted by Gasteiger charge is 2.38. The molecule has 3 amide bonds. The Morgan fingerprint density at radius 1 is 1.09 bits per heavy atom. The topological polar surface area (TPSA) is 160 Å². The number of alkyl halides is 3. The van der Waals surface area contributed by atoms with Gasteiger partial charge in [-0.2, -0.15) is 18.3 Å². The lowest BCUT2D eigenvalue weighted by atomic mass is 10.2. The maximum Gasteiger partial charge on any atom is 0.490 e. The molecular formula is C30H32Cl2F3N7O5. The van der Waals surface area contributed by atoms with Gasteiger partial charge in [-0.15, -0.1) is 0 Å². The average Bonchev–Trinajstić information content (AvgIpc) is 3.65. The Morgan fingerprint density at radius 2 is 1.74 bits per heavy atom. The number of rotatable bonds is 10. The summed E-state index contributed by atoms with van der Waals surface area (Å²) >= 11 is 12.3. The first kappa shape index (κ1) is 36.9. The molecule has 1 saturated heterocycles. The number of H-pyrrole nitrogens is 1. The minimum Gasteiger partial charge on any atom is -0.475 e. The molecule has 2 aromatic carbocycles. The summed E-state index contributed by atoms with van der Waals surface area (Å²) in [6.45, 7) is 2.18. The Labute approximate surface area is 277 Å². The van der Waals surface area contributed by atoms with Gasteiger partial charge in [0.05, 0.1) is 27.5 Å². The number of benzene rings is 2. The van der Waals surface area contributed by atoms with Crippen LogP contribution in [-0.2, 0) is 9.59 Å². The zero-order chi connectivity index (χ0) is 34.7. The Balaban J connectivity index is 0.000000771. The fraction of sp³-hybridized carbons (Fsp3) is 0.300. The fourth-order valence-electron chi connectivity index (χ4n) is 4.31. The van der Waals surface area contributed by atoms with Crippen molar-refractivity contribution in [2.24, 2.45) is 0 Å². The van der Waals surface area contributed by atoms with Crippen molar-refractivity contribution < 1.29 is 37.5 Å². The molecule has 0 bridgehead atoms. The number of carboxylic acids is 1. The molecule has 0 saturated carbocycles. The number of nitrogens with one attached hydrogen (secondary N) is 4.